The summed E-state index contributed by atoms with van der Waals surface area (Å²) in [6.45, 7) is 4.19. The predicted octanol–water partition coefficient (Wildman–Crippen LogP) is 3.21. The van der Waals surface area contributed by atoms with Crippen LogP contribution in [0, 0.1) is 6.92 Å². The van der Waals surface area contributed by atoms with Gasteiger partial charge < -0.3 is 9.47 Å². The highest BCUT2D eigenvalue weighted by Gasteiger charge is 2.09. The summed E-state index contributed by atoms with van der Waals surface area (Å²) in [5.74, 6) is 0.830. The van der Waals surface area contributed by atoms with Gasteiger partial charge in [0.05, 0.1) is 25.0 Å². The van der Waals surface area contributed by atoms with E-state index in [1.807, 2.05) is 25.1 Å². The molecule has 0 N–H and O–H groups in total. The maximum absolute atomic E-state index is 11.4. The number of esters is 1. The first kappa shape index (κ1) is 14.7. The molecule has 106 valence electrons. The third-order valence-electron chi connectivity index (χ3n) is 2.80. The molecule has 0 spiro atoms. The molecule has 0 saturated carbocycles. The first-order chi connectivity index (χ1) is 9.63. The van der Waals surface area contributed by atoms with Gasteiger partial charge in [-0.1, -0.05) is 11.8 Å². The number of carbonyl (C=O) groups excluding carboxylic acids is 1. The Morgan fingerprint density at radius 1 is 1.35 bits per heavy atom. The summed E-state index contributed by atoms with van der Waals surface area (Å²) in [5.41, 5.74) is 1.92. The van der Waals surface area contributed by atoms with E-state index in [-0.39, 0.29) is 11.7 Å². The Kier molecular flexibility index (Phi) is 4.84. The summed E-state index contributed by atoms with van der Waals surface area (Å²) in [6.07, 6.45) is 0. The second-order valence-electron chi connectivity index (χ2n) is 4.26. The van der Waals surface area contributed by atoms with Gasteiger partial charge in [-0.2, -0.15) is 0 Å². The van der Waals surface area contributed by atoms with Gasteiger partial charge in [0.25, 0.3) is 0 Å². The van der Waals surface area contributed by atoms with Crippen molar-refractivity contribution in [3.63, 3.8) is 0 Å². The van der Waals surface area contributed by atoms with E-state index in [9.17, 15) is 4.79 Å². The average molecular weight is 291 g/mol. The van der Waals surface area contributed by atoms with Gasteiger partial charge in [-0.25, -0.2) is 4.98 Å². The van der Waals surface area contributed by atoms with Crippen molar-refractivity contribution in [3.8, 4) is 5.75 Å². The first-order valence-corrected chi connectivity index (χ1v) is 7.36. The van der Waals surface area contributed by atoms with Gasteiger partial charge in [0.2, 0.25) is 0 Å². The Bertz CT molecular complexity index is 628. The lowest BCUT2D eigenvalue weighted by Gasteiger charge is -2.08. The molecule has 5 heteroatoms. The van der Waals surface area contributed by atoms with Crippen molar-refractivity contribution in [1.82, 2.24) is 4.98 Å². The molecule has 1 aromatic carbocycles. The van der Waals surface area contributed by atoms with Crippen molar-refractivity contribution in [1.29, 1.82) is 0 Å². The number of hydrogen-bond acceptors (Lipinski definition) is 5. The summed E-state index contributed by atoms with van der Waals surface area (Å²) < 4.78 is 10.1. The van der Waals surface area contributed by atoms with Crippen LogP contribution >= 0.6 is 11.8 Å². The predicted molar refractivity (Wildman–Crippen MR) is 80.4 cm³/mol. The van der Waals surface area contributed by atoms with E-state index in [4.69, 9.17) is 9.47 Å². The summed E-state index contributed by atoms with van der Waals surface area (Å²) in [7, 11) is 1.63. The van der Waals surface area contributed by atoms with Crippen molar-refractivity contribution in [2.24, 2.45) is 0 Å². The molecule has 0 fully saturated rings. The van der Waals surface area contributed by atoms with Gasteiger partial charge in [-0.05, 0) is 37.6 Å². The van der Waals surface area contributed by atoms with E-state index in [0.29, 0.717) is 6.61 Å². The summed E-state index contributed by atoms with van der Waals surface area (Å²) >= 11 is 1.40. The number of rotatable bonds is 5. The first-order valence-electron chi connectivity index (χ1n) is 6.38. The van der Waals surface area contributed by atoms with Crippen LogP contribution in [0.4, 0.5) is 0 Å². The van der Waals surface area contributed by atoms with Gasteiger partial charge in [0.1, 0.15) is 10.8 Å². The molecule has 2 rings (SSSR count). The van der Waals surface area contributed by atoms with Crippen LogP contribution < -0.4 is 4.74 Å². The Balaban J connectivity index is 2.24. The van der Waals surface area contributed by atoms with Crippen molar-refractivity contribution < 1.29 is 14.3 Å². The highest BCUT2D eigenvalue weighted by molar-refractivity contribution is 7.99. The summed E-state index contributed by atoms with van der Waals surface area (Å²) in [4.78, 5) is 16.0. The fraction of sp³-hybridized carbons (Fsp3) is 0.333. The Hall–Kier alpha value is -1.75. The monoisotopic (exact) mass is 291 g/mol. The largest absolute Gasteiger partial charge is 0.497 e. The van der Waals surface area contributed by atoms with Crippen LogP contribution in [0.3, 0.4) is 0 Å². The molecule has 1 aromatic heterocycles. The molecule has 20 heavy (non-hydrogen) atoms. The number of carbonyl (C=O) groups is 1. The molecule has 0 saturated heterocycles. The molecular weight excluding hydrogens is 274 g/mol. The minimum atomic E-state index is -0.218. The Morgan fingerprint density at radius 2 is 2.15 bits per heavy atom. The summed E-state index contributed by atoms with van der Waals surface area (Å²) in [6, 6.07) is 7.85. The highest BCUT2D eigenvalue weighted by atomic mass is 32.2. The number of pyridine rings is 1. The molecular formula is C15H17NO3S. The number of fused-ring (bicyclic) bond motifs is 1. The number of methoxy groups -OCH3 is 1. The molecule has 0 aliphatic rings. The van der Waals surface area contributed by atoms with Crippen molar-refractivity contribution in [2.75, 3.05) is 19.5 Å². The fourth-order valence-electron chi connectivity index (χ4n) is 1.84. The molecule has 0 radical (unpaired) electrons. The minimum absolute atomic E-state index is 0.218. The maximum Gasteiger partial charge on any atom is 0.316 e. The third kappa shape index (κ3) is 3.42. The standard InChI is InChI=1S/C15H17NO3S/c1-4-19-14(17)9-20-15-10(2)7-11-5-6-12(18-3)8-13(11)16-15/h5-8H,4,9H2,1-3H3. The van der Waals surface area contributed by atoms with Crippen LogP contribution in [0.1, 0.15) is 12.5 Å². The van der Waals surface area contributed by atoms with Crippen LogP contribution in [0.25, 0.3) is 10.9 Å². The number of aryl methyl sites for hydroxylation is 1. The van der Waals surface area contributed by atoms with Crippen LogP contribution in [-0.2, 0) is 9.53 Å². The second kappa shape index (κ2) is 6.61. The van der Waals surface area contributed by atoms with E-state index in [2.05, 4.69) is 11.1 Å². The zero-order valence-corrected chi connectivity index (χ0v) is 12.6. The molecule has 0 aliphatic carbocycles. The van der Waals surface area contributed by atoms with Crippen molar-refractivity contribution in [3.05, 3.63) is 29.8 Å². The van der Waals surface area contributed by atoms with Crippen molar-refractivity contribution >= 4 is 28.6 Å². The van der Waals surface area contributed by atoms with E-state index < -0.39 is 0 Å². The lowest BCUT2D eigenvalue weighted by atomic mass is 10.2. The smallest absolute Gasteiger partial charge is 0.316 e. The van der Waals surface area contributed by atoms with Gasteiger partial charge in [-0.15, -0.1) is 0 Å². The van der Waals surface area contributed by atoms with Crippen LogP contribution in [0.2, 0.25) is 0 Å². The van der Waals surface area contributed by atoms with Gasteiger partial charge in [0.15, 0.2) is 0 Å². The number of nitrogens with zero attached hydrogens (tertiary/aromatic N) is 1. The van der Waals surface area contributed by atoms with E-state index in [1.54, 1.807) is 14.0 Å². The second-order valence-corrected chi connectivity index (χ2v) is 5.23. The maximum atomic E-state index is 11.4. The lowest BCUT2D eigenvalue weighted by molar-refractivity contribution is -0.139. The molecule has 0 unspecified atom stereocenters. The van der Waals surface area contributed by atoms with E-state index in [1.165, 1.54) is 11.8 Å². The van der Waals surface area contributed by atoms with Crippen molar-refractivity contribution in [2.45, 2.75) is 18.9 Å². The number of hydrogen-bond donors (Lipinski definition) is 0. The third-order valence-corrected chi connectivity index (χ3v) is 3.87. The van der Waals surface area contributed by atoms with Gasteiger partial charge >= 0.3 is 5.97 Å². The normalized spacial score (nSPS) is 10.6. The minimum Gasteiger partial charge on any atom is -0.497 e. The Morgan fingerprint density at radius 3 is 2.85 bits per heavy atom. The molecule has 2 aromatic rings. The van der Waals surface area contributed by atoms with Gasteiger partial charge in [0, 0.05) is 11.5 Å². The van der Waals surface area contributed by atoms with Crippen LogP contribution in [0.15, 0.2) is 29.3 Å². The number of ether oxygens (including phenoxy) is 2. The van der Waals surface area contributed by atoms with E-state index >= 15 is 0 Å². The molecule has 0 atom stereocenters. The average Bonchev–Trinajstić information content (AvgIpc) is 2.45. The molecule has 1 heterocycles. The highest BCUT2D eigenvalue weighted by Crippen LogP contribution is 2.26. The molecule has 0 bridgehead atoms. The van der Waals surface area contributed by atoms with E-state index in [0.717, 1.165) is 27.2 Å². The SMILES string of the molecule is CCOC(=O)CSc1nc2cc(OC)ccc2cc1C. The lowest BCUT2D eigenvalue weighted by Crippen LogP contribution is -2.07. The number of aromatic nitrogens is 1. The Labute approximate surface area is 122 Å². The van der Waals surface area contributed by atoms with Crippen LogP contribution in [0.5, 0.6) is 5.75 Å². The van der Waals surface area contributed by atoms with Crippen LogP contribution in [-0.4, -0.2) is 30.4 Å². The molecule has 0 amide bonds. The fourth-order valence-corrected chi connectivity index (χ4v) is 2.63. The zero-order valence-electron chi connectivity index (χ0n) is 11.8. The molecule has 0 aliphatic heterocycles. The zero-order chi connectivity index (χ0) is 14.5. The van der Waals surface area contributed by atoms with Gasteiger partial charge in [-0.3, -0.25) is 4.79 Å². The molecule has 4 nitrogen and oxygen atoms in total. The number of thioether (sulfide) groups is 1. The summed E-state index contributed by atoms with van der Waals surface area (Å²) in [5, 5.41) is 1.91. The number of benzene rings is 1. The topological polar surface area (TPSA) is 48.4 Å². The quantitative estimate of drug-likeness (QED) is 0.625.